The Morgan fingerprint density at radius 3 is 2.62 bits per heavy atom. The first-order valence-electron chi connectivity index (χ1n) is 7.54. The van der Waals surface area contributed by atoms with Crippen molar-refractivity contribution in [1.29, 1.82) is 0 Å². The maximum absolute atomic E-state index is 14.0. The highest BCUT2D eigenvalue weighted by molar-refractivity contribution is 5.97. The van der Waals surface area contributed by atoms with E-state index in [2.05, 4.69) is 15.3 Å². The van der Waals surface area contributed by atoms with Crippen molar-refractivity contribution in [3.63, 3.8) is 0 Å². The van der Waals surface area contributed by atoms with Crippen molar-refractivity contribution in [1.82, 2.24) is 15.3 Å². The van der Waals surface area contributed by atoms with E-state index < -0.39 is 11.6 Å². The highest BCUT2D eigenvalue weighted by atomic mass is 19.1. The number of nitrogens with one attached hydrogen (secondary N) is 2. The molecule has 0 unspecified atom stereocenters. The fourth-order valence-electron chi connectivity index (χ4n) is 2.93. The number of halogens is 2. The molecule has 0 atom stereocenters. The minimum atomic E-state index is -0.662. The molecular formula is C18H13F2N3O. The summed E-state index contributed by atoms with van der Waals surface area (Å²) in [5.41, 5.74) is 2.95. The molecule has 1 aliphatic heterocycles. The van der Waals surface area contributed by atoms with Crippen molar-refractivity contribution in [3.8, 4) is 22.5 Å². The quantitative estimate of drug-likeness (QED) is 0.759. The normalized spacial score (nSPS) is 13.5. The summed E-state index contributed by atoms with van der Waals surface area (Å²) in [6, 6.07) is 8.80. The van der Waals surface area contributed by atoms with Crippen molar-refractivity contribution in [3.05, 3.63) is 65.5 Å². The Morgan fingerprint density at radius 2 is 1.88 bits per heavy atom. The molecule has 0 aliphatic carbocycles. The van der Waals surface area contributed by atoms with E-state index in [0.29, 0.717) is 17.7 Å². The van der Waals surface area contributed by atoms with E-state index in [1.165, 1.54) is 24.4 Å². The largest absolute Gasteiger partial charge is 0.358 e. The number of carbonyl (C=O) groups is 1. The summed E-state index contributed by atoms with van der Waals surface area (Å²) >= 11 is 0. The van der Waals surface area contributed by atoms with Crippen LogP contribution in [0.3, 0.4) is 0 Å². The number of H-pyrrole nitrogens is 1. The summed E-state index contributed by atoms with van der Waals surface area (Å²) in [7, 11) is 0. The zero-order valence-corrected chi connectivity index (χ0v) is 12.6. The molecule has 1 amide bonds. The summed E-state index contributed by atoms with van der Waals surface area (Å²) < 4.78 is 27.9. The van der Waals surface area contributed by atoms with Crippen molar-refractivity contribution >= 4 is 5.91 Å². The van der Waals surface area contributed by atoms with E-state index in [1.807, 2.05) is 0 Å². The van der Waals surface area contributed by atoms with Gasteiger partial charge in [-0.2, -0.15) is 0 Å². The average Bonchev–Trinajstić information content (AvgIpc) is 3.01. The maximum Gasteiger partial charge on any atom is 0.253 e. The molecule has 0 bridgehead atoms. The van der Waals surface area contributed by atoms with Gasteiger partial charge in [-0.25, -0.2) is 8.78 Å². The molecule has 4 rings (SSSR count). The molecule has 3 heterocycles. The van der Waals surface area contributed by atoms with E-state index in [-0.39, 0.29) is 17.2 Å². The van der Waals surface area contributed by atoms with Gasteiger partial charge in [0.2, 0.25) is 0 Å². The number of hydrogen-bond acceptors (Lipinski definition) is 2. The lowest BCUT2D eigenvalue weighted by Gasteiger charge is -2.11. The van der Waals surface area contributed by atoms with E-state index in [9.17, 15) is 13.6 Å². The van der Waals surface area contributed by atoms with Crippen LogP contribution < -0.4 is 5.32 Å². The SMILES string of the molecule is O=C1NCCc2[nH]c(-c3ccnc(-c4c(F)cccc4F)c3)cc21. The minimum Gasteiger partial charge on any atom is -0.358 e. The van der Waals surface area contributed by atoms with E-state index in [1.54, 1.807) is 18.2 Å². The fourth-order valence-corrected chi connectivity index (χ4v) is 2.93. The van der Waals surface area contributed by atoms with Crippen LogP contribution in [0.15, 0.2) is 42.6 Å². The molecule has 0 radical (unpaired) electrons. The molecule has 2 N–H and O–H groups in total. The van der Waals surface area contributed by atoms with Crippen molar-refractivity contribution < 1.29 is 13.6 Å². The molecule has 3 aromatic rings. The van der Waals surface area contributed by atoms with Gasteiger partial charge < -0.3 is 10.3 Å². The van der Waals surface area contributed by atoms with Crippen LogP contribution in [-0.4, -0.2) is 22.4 Å². The third-order valence-corrected chi connectivity index (χ3v) is 4.09. The third-order valence-electron chi connectivity index (χ3n) is 4.09. The molecule has 0 saturated heterocycles. The Labute approximate surface area is 136 Å². The highest BCUT2D eigenvalue weighted by Crippen LogP contribution is 2.29. The second kappa shape index (κ2) is 5.56. The first kappa shape index (κ1) is 14.6. The van der Waals surface area contributed by atoms with Crippen molar-refractivity contribution in [2.75, 3.05) is 6.54 Å². The van der Waals surface area contributed by atoms with Crippen LogP contribution in [0, 0.1) is 11.6 Å². The van der Waals surface area contributed by atoms with Crippen LogP contribution >= 0.6 is 0 Å². The van der Waals surface area contributed by atoms with Gasteiger partial charge in [-0.3, -0.25) is 9.78 Å². The first-order chi connectivity index (χ1) is 11.6. The van der Waals surface area contributed by atoms with Gasteiger partial charge in [0, 0.05) is 36.1 Å². The number of amides is 1. The van der Waals surface area contributed by atoms with E-state index in [0.717, 1.165) is 17.8 Å². The summed E-state index contributed by atoms with van der Waals surface area (Å²) in [5.74, 6) is -1.44. The number of carbonyl (C=O) groups excluding carboxylic acids is 1. The average molecular weight is 325 g/mol. The molecule has 6 heteroatoms. The number of aromatic amines is 1. The van der Waals surface area contributed by atoms with Gasteiger partial charge in [0.05, 0.1) is 16.8 Å². The molecule has 4 nitrogen and oxygen atoms in total. The van der Waals surface area contributed by atoms with Gasteiger partial charge in [-0.15, -0.1) is 0 Å². The molecule has 0 spiro atoms. The van der Waals surface area contributed by atoms with E-state index >= 15 is 0 Å². The van der Waals surface area contributed by atoms with Crippen LogP contribution in [0.2, 0.25) is 0 Å². The molecule has 24 heavy (non-hydrogen) atoms. The topological polar surface area (TPSA) is 57.8 Å². The highest BCUT2D eigenvalue weighted by Gasteiger charge is 2.20. The number of aromatic nitrogens is 2. The smallest absolute Gasteiger partial charge is 0.253 e. The number of benzene rings is 1. The standard InChI is InChI=1S/C18H13F2N3O/c19-12-2-1-3-13(20)17(12)16-8-10(4-6-21-16)15-9-11-14(23-15)5-7-22-18(11)24/h1-4,6,8-9,23H,5,7H2,(H,22,24). The summed E-state index contributed by atoms with van der Waals surface area (Å²) in [5, 5.41) is 2.78. The second-order valence-electron chi connectivity index (χ2n) is 5.61. The van der Waals surface area contributed by atoms with Gasteiger partial charge in [0.25, 0.3) is 5.91 Å². The van der Waals surface area contributed by atoms with Crippen LogP contribution in [-0.2, 0) is 6.42 Å². The fraction of sp³-hybridized carbons (Fsp3) is 0.111. The predicted octanol–water partition coefficient (Wildman–Crippen LogP) is 3.31. The minimum absolute atomic E-state index is 0.117. The van der Waals surface area contributed by atoms with Crippen LogP contribution in [0.5, 0.6) is 0 Å². The Kier molecular flexibility index (Phi) is 3.37. The first-order valence-corrected chi connectivity index (χ1v) is 7.54. The van der Waals surface area contributed by atoms with Gasteiger partial charge in [-0.1, -0.05) is 6.07 Å². The zero-order chi connectivity index (χ0) is 16.7. The van der Waals surface area contributed by atoms with Crippen LogP contribution in [0.4, 0.5) is 8.78 Å². The van der Waals surface area contributed by atoms with Gasteiger partial charge >= 0.3 is 0 Å². The lowest BCUT2D eigenvalue weighted by Crippen LogP contribution is -2.31. The van der Waals surface area contributed by atoms with Gasteiger partial charge in [0.1, 0.15) is 11.6 Å². The molecule has 120 valence electrons. The lowest BCUT2D eigenvalue weighted by molar-refractivity contribution is 0.0946. The zero-order valence-electron chi connectivity index (χ0n) is 12.6. The second-order valence-corrected chi connectivity index (χ2v) is 5.61. The Balaban J connectivity index is 1.80. The summed E-state index contributed by atoms with van der Waals surface area (Å²) in [6.45, 7) is 0.591. The van der Waals surface area contributed by atoms with Crippen LogP contribution in [0.1, 0.15) is 16.1 Å². The Bertz CT molecular complexity index is 929. The predicted molar refractivity (Wildman–Crippen MR) is 85.4 cm³/mol. The maximum atomic E-state index is 14.0. The van der Waals surface area contributed by atoms with Crippen molar-refractivity contribution in [2.24, 2.45) is 0 Å². The molecule has 0 saturated carbocycles. The molecule has 1 aliphatic rings. The van der Waals surface area contributed by atoms with Gasteiger partial charge in [-0.05, 0) is 30.3 Å². The van der Waals surface area contributed by atoms with Gasteiger partial charge in [0.15, 0.2) is 0 Å². The summed E-state index contributed by atoms with van der Waals surface area (Å²) in [6.07, 6.45) is 2.22. The van der Waals surface area contributed by atoms with Crippen LogP contribution in [0.25, 0.3) is 22.5 Å². The Morgan fingerprint density at radius 1 is 1.08 bits per heavy atom. The number of pyridine rings is 1. The number of nitrogens with zero attached hydrogens (tertiary/aromatic N) is 1. The van der Waals surface area contributed by atoms with E-state index in [4.69, 9.17) is 0 Å². The van der Waals surface area contributed by atoms with Crippen molar-refractivity contribution in [2.45, 2.75) is 6.42 Å². The molecular weight excluding hydrogens is 312 g/mol. The monoisotopic (exact) mass is 325 g/mol. The number of hydrogen-bond donors (Lipinski definition) is 2. The molecule has 1 aromatic carbocycles. The lowest BCUT2D eigenvalue weighted by atomic mass is 10.1. The third kappa shape index (κ3) is 2.36. The summed E-state index contributed by atoms with van der Waals surface area (Å²) in [4.78, 5) is 19.2. The molecule has 0 fully saturated rings. The number of fused-ring (bicyclic) bond motifs is 1. The molecule has 2 aromatic heterocycles. The number of rotatable bonds is 2. The Hall–Kier alpha value is -3.02.